The minimum atomic E-state index is 0.608. The third kappa shape index (κ3) is 3.61. The fraction of sp³-hybridized carbons (Fsp3) is 0.385. The third-order valence-corrected chi connectivity index (χ3v) is 2.77. The molecule has 2 aromatic heterocycles. The lowest BCUT2D eigenvalue weighted by Crippen LogP contribution is -2.36. The number of nitrogens with one attached hydrogen (secondary N) is 2. The van der Waals surface area contributed by atoms with Gasteiger partial charge in [0.15, 0.2) is 5.96 Å². The second-order valence-corrected chi connectivity index (χ2v) is 4.26. The van der Waals surface area contributed by atoms with Crippen LogP contribution < -0.4 is 10.6 Å². The van der Waals surface area contributed by atoms with Crippen LogP contribution in [0.1, 0.15) is 17.1 Å². The Labute approximate surface area is 112 Å². The summed E-state index contributed by atoms with van der Waals surface area (Å²) in [5.74, 6) is 1.61. The van der Waals surface area contributed by atoms with E-state index in [-0.39, 0.29) is 0 Å². The average Bonchev–Trinajstić information content (AvgIpc) is 3.00. The molecule has 2 N–H and O–H groups in total. The molecule has 0 fully saturated rings. The topological polar surface area (TPSA) is 67.4 Å². The highest BCUT2D eigenvalue weighted by molar-refractivity contribution is 5.79. The molecule has 0 spiro atoms. The summed E-state index contributed by atoms with van der Waals surface area (Å²) in [6.45, 7) is 3.26. The number of furan rings is 1. The first-order valence-corrected chi connectivity index (χ1v) is 6.15. The van der Waals surface area contributed by atoms with Gasteiger partial charge in [0.2, 0.25) is 0 Å². The van der Waals surface area contributed by atoms with Crippen molar-refractivity contribution in [2.45, 2.75) is 20.0 Å². The molecule has 0 radical (unpaired) electrons. The molecule has 0 saturated heterocycles. The first-order chi connectivity index (χ1) is 9.19. The molecule has 0 atom stereocenters. The Morgan fingerprint density at radius 1 is 1.42 bits per heavy atom. The number of guanidine groups is 1. The molecule has 0 unspecified atom stereocenters. The lowest BCUT2D eigenvalue weighted by Gasteiger charge is -2.10. The standard InChI is InChI=1S/C13H19N5O/c1-10-7-11(18(3)17-10)8-15-13(14-2)16-9-12-5-4-6-19-12/h4-7H,8-9H2,1-3H3,(H2,14,15,16). The van der Waals surface area contributed by atoms with Gasteiger partial charge in [-0.25, -0.2) is 0 Å². The smallest absolute Gasteiger partial charge is 0.191 e. The number of rotatable bonds is 4. The van der Waals surface area contributed by atoms with Crippen LogP contribution in [-0.2, 0) is 20.1 Å². The number of aryl methyl sites for hydroxylation is 2. The van der Waals surface area contributed by atoms with Crippen LogP contribution >= 0.6 is 0 Å². The van der Waals surface area contributed by atoms with Crippen LogP contribution in [0.5, 0.6) is 0 Å². The SMILES string of the molecule is CN=C(NCc1ccco1)NCc1cc(C)nn1C. The van der Waals surface area contributed by atoms with Gasteiger partial charge in [0.05, 0.1) is 30.7 Å². The zero-order valence-electron chi connectivity index (χ0n) is 11.5. The van der Waals surface area contributed by atoms with Crippen molar-refractivity contribution in [3.63, 3.8) is 0 Å². The summed E-state index contributed by atoms with van der Waals surface area (Å²) < 4.78 is 7.12. The molecule has 6 heteroatoms. The van der Waals surface area contributed by atoms with Crippen molar-refractivity contribution in [2.75, 3.05) is 7.05 Å². The fourth-order valence-electron chi connectivity index (χ4n) is 1.81. The van der Waals surface area contributed by atoms with Crippen LogP contribution in [0.3, 0.4) is 0 Å². The highest BCUT2D eigenvalue weighted by Crippen LogP contribution is 2.01. The maximum Gasteiger partial charge on any atom is 0.191 e. The molecule has 2 aromatic rings. The second-order valence-electron chi connectivity index (χ2n) is 4.26. The minimum absolute atomic E-state index is 0.608. The second kappa shape index (κ2) is 6.08. The third-order valence-electron chi connectivity index (χ3n) is 2.77. The quantitative estimate of drug-likeness (QED) is 0.641. The number of hydrogen-bond acceptors (Lipinski definition) is 3. The van der Waals surface area contributed by atoms with Crippen LogP contribution in [0.4, 0.5) is 0 Å². The molecule has 0 aliphatic rings. The normalized spacial score (nSPS) is 11.6. The van der Waals surface area contributed by atoms with E-state index in [9.17, 15) is 0 Å². The van der Waals surface area contributed by atoms with Crippen molar-refractivity contribution in [3.05, 3.63) is 41.6 Å². The van der Waals surface area contributed by atoms with Gasteiger partial charge in [0.25, 0.3) is 0 Å². The van der Waals surface area contributed by atoms with Crippen molar-refractivity contribution in [3.8, 4) is 0 Å². The van der Waals surface area contributed by atoms with E-state index in [1.807, 2.05) is 36.9 Å². The summed E-state index contributed by atoms with van der Waals surface area (Å²) in [4.78, 5) is 4.16. The highest BCUT2D eigenvalue weighted by Gasteiger charge is 2.04. The minimum Gasteiger partial charge on any atom is -0.467 e. The zero-order chi connectivity index (χ0) is 13.7. The van der Waals surface area contributed by atoms with Crippen LogP contribution in [0.25, 0.3) is 0 Å². The van der Waals surface area contributed by atoms with E-state index in [0.717, 1.165) is 23.1 Å². The number of aliphatic imine (C=N–C) groups is 1. The van der Waals surface area contributed by atoms with Crippen molar-refractivity contribution in [1.82, 2.24) is 20.4 Å². The molecule has 0 aromatic carbocycles. The lowest BCUT2D eigenvalue weighted by atomic mass is 10.3. The molecule has 2 rings (SSSR count). The number of hydrogen-bond donors (Lipinski definition) is 2. The first kappa shape index (κ1) is 13.2. The fourth-order valence-corrected chi connectivity index (χ4v) is 1.81. The van der Waals surface area contributed by atoms with Crippen molar-refractivity contribution >= 4 is 5.96 Å². The van der Waals surface area contributed by atoms with Crippen LogP contribution in [0, 0.1) is 6.92 Å². The molecule has 2 heterocycles. The Morgan fingerprint density at radius 3 is 2.79 bits per heavy atom. The van der Waals surface area contributed by atoms with E-state index >= 15 is 0 Å². The predicted octanol–water partition coefficient (Wildman–Crippen LogP) is 1.19. The Morgan fingerprint density at radius 2 is 2.21 bits per heavy atom. The van der Waals surface area contributed by atoms with E-state index < -0.39 is 0 Å². The number of nitrogens with zero attached hydrogens (tertiary/aromatic N) is 3. The summed E-state index contributed by atoms with van der Waals surface area (Å²) in [6.07, 6.45) is 1.66. The molecule has 102 valence electrons. The van der Waals surface area contributed by atoms with Crippen molar-refractivity contribution in [2.24, 2.45) is 12.0 Å². The molecule has 0 aliphatic carbocycles. The molecule has 0 aliphatic heterocycles. The molecule has 19 heavy (non-hydrogen) atoms. The largest absolute Gasteiger partial charge is 0.467 e. The Hall–Kier alpha value is -2.24. The summed E-state index contributed by atoms with van der Waals surface area (Å²) in [6, 6.07) is 5.84. The average molecular weight is 261 g/mol. The molecule has 0 saturated carbocycles. The van der Waals surface area contributed by atoms with E-state index in [0.29, 0.717) is 13.1 Å². The number of aromatic nitrogens is 2. The first-order valence-electron chi connectivity index (χ1n) is 6.15. The van der Waals surface area contributed by atoms with Crippen LogP contribution in [0.15, 0.2) is 33.9 Å². The Kier molecular flexibility index (Phi) is 4.22. The van der Waals surface area contributed by atoms with Crippen molar-refractivity contribution < 1.29 is 4.42 Å². The van der Waals surface area contributed by atoms with Gasteiger partial charge in [0, 0.05) is 14.1 Å². The Balaban J connectivity index is 1.84. The van der Waals surface area contributed by atoms with Crippen LogP contribution in [0.2, 0.25) is 0 Å². The van der Waals surface area contributed by atoms with Gasteiger partial charge in [-0.05, 0) is 25.1 Å². The maximum absolute atomic E-state index is 5.25. The summed E-state index contributed by atoms with van der Waals surface area (Å²) in [5.41, 5.74) is 2.12. The van der Waals surface area contributed by atoms with Gasteiger partial charge in [-0.3, -0.25) is 9.67 Å². The van der Waals surface area contributed by atoms with E-state index in [1.165, 1.54) is 0 Å². The van der Waals surface area contributed by atoms with Gasteiger partial charge < -0.3 is 15.1 Å². The predicted molar refractivity (Wildman–Crippen MR) is 73.7 cm³/mol. The Bertz CT molecular complexity index is 541. The monoisotopic (exact) mass is 261 g/mol. The van der Waals surface area contributed by atoms with E-state index in [2.05, 4.69) is 20.7 Å². The molecule has 0 amide bonds. The zero-order valence-corrected chi connectivity index (χ0v) is 11.5. The molecule has 6 nitrogen and oxygen atoms in total. The van der Waals surface area contributed by atoms with E-state index in [4.69, 9.17) is 4.42 Å². The van der Waals surface area contributed by atoms with Crippen LogP contribution in [-0.4, -0.2) is 22.8 Å². The molecular formula is C13H19N5O. The van der Waals surface area contributed by atoms with Gasteiger partial charge in [-0.15, -0.1) is 0 Å². The summed E-state index contributed by atoms with van der Waals surface area (Å²) in [7, 11) is 3.68. The van der Waals surface area contributed by atoms with E-state index in [1.54, 1.807) is 13.3 Å². The van der Waals surface area contributed by atoms with Gasteiger partial charge in [-0.2, -0.15) is 5.10 Å². The van der Waals surface area contributed by atoms with Gasteiger partial charge in [0.1, 0.15) is 5.76 Å². The summed E-state index contributed by atoms with van der Waals surface area (Å²) >= 11 is 0. The summed E-state index contributed by atoms with van der Waals surface area (Å²) in [5, 5.41) is 10.7. The van der Waals surface area contributed by atoms with Crippen molar-refractivity contribution in [1.29, 1.82) is 0 Å². The molecular weight excluding hydrogens is 242 g/mol. The van der Waals surface area contributed by atoms with Gasteiger partial charge in [-0.1, -0.05) is 0 Å². The van der Waals surface area contributed by atoms with Gasteiger partial charge >= 0.3 is 0 Å². The highest BCUT2D eigenvalue weighted by atomic mass is 16.3. The molecule has 0 bridgehead atoms. The lowest BCUT2D eigenvalue weighted by molar-refractivity contribution is 0.501. The maximum atomic E-state index is 5.25.